The molecular weight excluding hydrogens is 420 g/mol. The van der Waals surface area contributed by atoms with E-state index in [1.165, 1.54) is 0 Å². The van der Waals surface area contributed by atoms with Gasteiger partial charge in [-0.05, 0) is 30.2 Å². The monoisotopic (exact) mass is 452 g/mol. The molecule has 170 valence electrons. The van der Waals surface area contributed by atoms with Gasteiger partial charge in [0, 0.05) is 61.2 Å². The topological polar surface area (TPSA) is 49.5 Å². The van der Waals surface area contributed by atoms with E-state index in [1.54, 1.807) is 30.4 Å². The summed E-state index contributed by atoms with van der Waals surface area (Å²) in [5.41, 5.74) is 4.87. The lowest BCUT2D eigenvalue weighted by atomic mass is 10.1. The first-order valence-electron chi connectivity index (χ1n) is 10.5. The van der Waals surface area contributed by atoms with Gasteiger partial charge in [-0.2, -0.15) is 5.10 Å². The fraction of sp³-hybridized carbons (Fsp3) is 0.269. The third-order valence-electron chi connectivity index (χ3n) is 4.18. The Morgan fingerprint density at radius 3 is 2.62 bits per heavy atom. The third-order valence-corrected chi connectivity index (χ3v) is 4.27. The van der Waals surface area contributed by atoms with Gasteiger partial charge in [0.05, 0.1) is 18.9 Å². The summed E-state index contributed by atoms with van der Waals surface area (Å²) >= 11 is 5.85. The molecule has 6 heteroatoms. The molecule has 0 fully saturated rings. The van der Waals surface area contributed by atoms with E-state index in [0.717, 1.165) is 34.4 Å². The second kappa shape index (κ2) is 15.7. The Balaban J connectivity index is 0.00000249. The molecule has 0 bridgehead atoms. The molecule has 0 N–H and O–H groups in total. The van der Waals surface area contributed by atoms with Crippen molar-refractivity contribution in [2.75, 3.05) is 13.7 Å². The fourth-order valence-electron chi connectivity index (χ4n) is 2.65. The predicted octanol–water partition coefficient (Wildman–Crippen LogP) is 6.65. The molecule has 0 unspecified atom stereocenters. The lowest BCUT2D eigenvalue weighted by Gasteiger charge is -2.14. The maximum absolute atomic E-state index is 5.98. The maximum atomic E-state index is 5.98. The van der Waals surface area contributed by atoms with Gasteiger partial charge in [0.25, 0.3) is 0 Å². The quantitative estimate of drug-likeness (QED) is 0.294. The molecule has 5 nitrogen and oxygen atoms in total. The van der Waals surface area contributed by atoms with Crippen molar-refractivity contribution < 1.29 is 4.74 Å². The van der Waals surface area contributed by atoms with Gasteiger partial charge in [0.15, 0.2) is 0 Å². The molecule has 0 saturated heterocycles. The molecule has 0 spiro atoms. The number of benzene rings is 1. The Kier molecular flexibility index (Phi) is 13.3. The zero-order valence-electron chi connectivity index (χ0n) is 19.5. The van der Waals surface area contributed by atoms with Gasteiger partial charge < -0.3 is 4.74 Å². The number of aliphatic imine (C=N–C) groups is 2. The predicted molar refractivity (Wildman–Crippen MR) is 140 cm³/mol. The number of rotatable bonds is 10. The van der Waals surface area contributed by atoms with E-state index in [-0.39, 0.29) is 0 Å². The van der Waals surface area contributed by atoms with Gasteiger partial charge in [-0.3, -0.25) is 15.0 Å². The normalized spacial score (nSPS) is 14.2. The lowest BCUT2D eigenvalue weighted by molar-refractivity contribution is 0.143. The van der Waals surface area contributed by atoms with Crippen molar-refractivity contribution >= 4 is 30.2 Å². The van der Waals surface area contributed by atoms with E-state index in [9.17, 15) is 0 Å². The molecule has 32 heavy (non-hydrogen) atoms. The van der Waals surface area contributed by atoms with Crippen LogP contribution in [0.4, 0.5) is 0 Å². The van der Waals surface area contributed by atoms with Crippen LogP contribution in [0, 0.1) is 0 Å². The van der Waals surface area contributed by atoms with Crippen LogP contribution in [0.3, 0.4) is 0 Å². The summed E-state index contributed by atoms with van der Waals surface area (Å²) < 4.78 is 5.98. The molecule has 1 aromatic rings. The van der Waals surface area contributed by atoms with Crippen LogP contribution in [0.2, 0.25) is 0 Å². The second-order valence-electron chi connectivity index (χ2n) is 6.54. The maximum Gasteiger partial charge on any atom is 0.0742 e. The average molecular weight is 453 g/mol. The number of hydrogen-bond donors (Lipinski definition) is 0. The minimum absolute atomic E-state index is 0.441. The molecular formula is C26H33ClN4O. The average Bonchev–Trinajstić information content (AvgIpc) is 3.10. The zero-order chi connectivity index (χ0) is 23.8. The number of hydrogen-bond acceptors (Lipinski definition) is 5. The number of hydrazone groups is 1. The summed E-state index contributed by atoms with van der Waals surface area (Å²) in [5, 5.41) is 6.19. The Bertz CT molecular complexity index is 918. The lowest BCUT2D eigenvalue weighted by Crippen LogP contribution is -2.08. The summed E-state index contributed by atoms with van der Waals surface area (Å²) in [6.07, 6.45) is 13.7. The molecule has 0 radical (unpaired) electrons. The Morgan fingerprint density at radius 1 is 1.28 bits per heavy atom. The van der Waals surface area contributed by atoms with Crippen LogP contribution >= 0.6 is 11.6 Å². The first-order chi connectivity index (χ1) is 15.5. The summed E-state index contributed by atoms with van der Waals surface area (Å²) in [6.45, 7) is 14.1. The minimum atomic E-state index is 0.441. The largest absolute Gasteiger partial charge is 0.372 e. The van der Waals surface area contributed by atoms with Crippen molar-refractivity contribution in [3.63, 3.8) is 0 Å². The smallest absolute Gasteiger partial charge is 0.0742 e. The molecule has 1 aliphatic heterocycles. The highest BCUT2D eigenvalue weighted by molar-refractivity contribution is 6.29. The van der Waals surface area contributed by atoms with Crippen LogP contribution < -0.4 is 0 Å². The first kappa shape index (κ1) is 27.0. The number of ether oxygens (including phenoxy) is 1. The molecule has 0 atom stereocenters. The molecule has 1 heterocycles. The molecule has 1 aliphatic rings. The Hall–Kier alpha value is -3.02. The molecule has 1 aromatic carbocycles. The fourth-order valence-corrected chi connectivity index (χ4v) is 2.70. The third kappa shape index (κ3) is 9.86. The van der Waals surface area contributed by atoms with Crippen molar-refractivity contribution in [2.45, 2.75) is 33.8 Å². The van der Waals surface area contributed by atoms with Crippen molar-refractivity contribution in [2.24, 2.45) is 15.1 Å². The molecule has 2 rings (SSSR count). The second-order valence-corrected chi connectivity index (χ2v) is 7.13. The van der Waals surface area contributed by atoms with Gasteiger partial charge in [-0.1, -0.05) is 62.4 Å². The van der Waals surface area contributed by atoms with Crippen LogP contribution in [-0.2, 0) is 11.3 Å². The zero-order valence-corrected chi connectivity index (χ0v) is 20.2. The minimum Gasteiger partial charge on any atom is -0.372 e. The number of allylic oxidation sites excluding steroid dienone is 4. The van der Waals surface area contributed by atoms with Crippen LogP contribution in [0.15, 0.2) is 98.9 Å². The van der Waals surface area contributed by atoms with E-state index in [0.29, 0.717) is 18.2 Å². The van der Waals surface area contributed by atoms with Crippen molar-refractivity contribution in [3.05, 3.63) is 95.0 Å². The Labute approximate surface area is 197 Å². The number of halogens is 1. The highest BCUT2D eigenvalue weighted by Crippen LogP contribution is 2.17. The molecule has 0 amide bonds. The van der Waals surface area contributed by atoms with Crippen LogP contribution in [0.25, 0.3) is 0 Å². The van der Waals surface area contributed by atoms with Gasteiger partial charge in [-0.15, -0.1) is 0 Å². The first-order valence-corrected chi connectivity index (χ1v) is 10.9. The highest BCUT2D eigenvalue weighted by atomic mass is 35.5. The molecule has 0 aliphatic carbocycles. The Morgan fingerprint density at radius 2 is 2.00 bits per heavy atom. The SMILES string of the molecule is C=CC(=N/C=C(\C)Cl)c1ccc(COC/C(=C\N(C)N=C)C2=CCC=NC=C2)cc1.CC. The van der Waals surface area contributed by atoms with Crippen molar-refractivity contribution in [3.8, 4) is 0 Å². The van der Waals surface area contributed by atoms with Crippen LogP contribution in [0.1, 0.15) is 38.3 Å². The number of nitrogens with zero attached hydrogens (tertiary/aromatic N) is 4. The standard InChI is InChI=1S/C24H27ClN4O.C2H6/c1-5-24(28-15-19(2)25)22-10-8-20(9-11-22)17-30-18-23(16-29(4)26-3)21-7-6-13-27-14-12-21;1-2/h5,7-16H,1,3,6,17-18H2,2,4H3;1-2H3/b19-15+,23-16+,28-24?;. The summed E-state index contributed by atoms with van der Waals surface area (Å²) in [6, 6.07) is 8.03. The summed E-state index contributed by atoms with van der Waals surface area (Å²) in [5.74, 6) is 0. The van der Waals surface area contributed by atoms with E-state index >= 15 is 0 Å². The van der Waals surface area contributed by atoms with Crippen LogP contribution in [0.5, 0.6) is 0 Å². The van der Waals surface area contributed by atoms with E-state index < -0.39 is 0 Å². The van der Waals surface area contributed by atoms with Crippen molar-refractivity contribution in [1.29, 1.82) is 0 Å². The van der Waals surface area contributed by atoms with Crippen LogP contribution in [-0.4, -0.2) is 37.3 Å². The summed E-state index contributed by atoms with van der Waals surface area (Å²) in [4.78, 5) is 8.53. The van der Waals surface area contributed by atoms with Gasteiger partial charge in [-0.25, -0.2) is 0 Å². The summed E-state index contributed by atoms with van der Waals surface area (Å²) in [7, 11) is 1.84. The van der Waals surface area contributed by atoms with Gasteiger partial charge in [0.1, 0.15) is 0 Å². The van der Waals surface area contributed by atoms with Crippen molar-refractivity contribution in [1.82, 2.24) is 5.01 Å². The van der Waals surface area contributed by atoms with Gasteiger partial charge in [0.2, 0.25) is 0 Å². The molecule has 0 aromatic heterocycles. The highest BCUT2D eigenvalue weighted by Gasteiger charge is 2.07. The van der Waals surface area contributed by atoms with E-state index in [1.807, 2.05) is 63.7 Å². The van der Waals surface area contributed by atoms with E-state index in [2.05, 4.69) is 34.5 Å². The van der Waals surface area contributed by atoms with Gasteiger partial charge >= 0.3 is 0 Å². The van der Waals surface area contributed by atoms with E-state index in [4.69, 9.17) is 16.3 Å². The molecule has 0 saturated carbocycles.